The molecule has 0 aliphatic rings. The molecule has 0 saturated carbocycles. The Bertz CT molecular complexity index is 230. The van der Waals surface area contributed by atoms with E-state index >= 15 is 0 Å². The zero-order valence-electron chi connectivity index (χ0n) is 9.89. The van der Waals surface area contributed by atoms with Crippen molar-refractivity contribution in [2.75, 3.05) is 19.6 Å². The summed E-state index contributed by atoms with van der Waals surface area (Å²) in [7, 11) is 0. The van der Waals surface area contributed by atoms with E-state index in [0.717, 1.165) is 13.0 Å². The molecule has 1 amide bonds. The number of nitrogens with one attached hydrogen (secondary N) is 2. The van der Waals surface area contributed by atoms with E-state index in [1.165, 1.54) is 0 Å². The predicted molar refractivity (Wildman–Crippen MR) is 60.2 cm³/mol. The average molecular weight is 211 g/mol. The molecule has 4 heteroatoms. The van der Waals surface area contributed by atoms with Crippen LogP contribution < -0.4 is 10.6 Å². The fourth-order valence-corrected chi connectivity index (χ4v) is 0.960. The van der Waals surface area contributed by atoms with Crippen molar-refractivity contribution < 1.29 is 4.79 Å². The van der Waals surface area contributed by atoms with Crippen molar-refractivity contribution in [2.45, 2.75) is 33.6 Å². The molecule has 4 nitrogen and oxygen atoms in total. The molecule has 0 saturated heterocycles. The monoisotopic (exact) mass is 211 g/mol. The molecule has 0 aliphatic carbocycles. The summed E-state index contributed by atoms with van der Waals surface area (Å²) in [4.78, 5) is 11.2. The van der Waals surface area contributed by atoms with Gasteiger partial charge in [0, 0.05) is 13.1 Å². The van der Waals surface area contributed by atoms with Crippen molar-refractivity contribution in [2.24, 2.45) is 5.41 Å². The van der Waals surface area contributed by atoms with Gasteiger partial charge in [0.2, 0.25) is 5.91 Å². The highest BCUT2D eigenvalue weighted by molar-refractivity contribution is 5.77. The van der Waals surface area contributed by atoms with Gasteiger partial charge in [-0.1, -0.05) is 20.8 Å². The van der Waals surface area contributed by atoms with Crippen molar-refractivity contribution in [3.8, 4) is 6.07 Å². The van der Waals surface area contributed by atoms with Crippen LogP contribution in [0.2, 0.25) is 0 Å². The molecule has 86 valence electrons. The Morgan fingerprint density at radius 2 is 2.13 bits per heavy atom. The molecule has 0 bridgehead atoms. The smallest absolute Gasteiger partial charge is 0.233 e. The zero-order valence-corrected chi connectivity index (χ0v) is 9.89. The van der Waals surface area contributed by atoms with E-state index in [2.05, 4.69) is 31.4 Å². The third-order valence-corrected chi connectivity index (χ3v) is 2.41. The van der Waals surface area contributed by atoms with Crippen LogP contribution >= 0.6 is 0 Å². The lowest BCUT2D eigenvalue weighted by molar-refractivity contribution is -0.120. The summed E-state index contributed by atoms with van der Waals surface area (Å²) < 4.78 is 0. The van der Waals surface area contributed by atoms with E-state index in [-0.39, 0.29) is 11.3 Å². The van der Waals surface area contributed by atoms with Crippen LogP contribution in [-0.2, 0) is 4.79 Å². The number of nitrogens with zero attached hydrogens (tertiary/aromatic N) is 1. The lowest BCUT2D eigenvalue weighted by Gasteiger charge is -2.22. The first-order valence-electron chi connectivity index (χ1n) is 5.36. The van der Waals surface area contributed by atoms with Gasteiger partial charge >= 0.3 is 0 Å². The highest BCUT2D eigenvalue weighted by Crippen LogP contribution is 2.17. The van der Waals surface area contributed by atoms with Crippen molar-refractivity contribution >= 4 is 5.91 Å². The lowest BCUT2D eigenvalue weighted by atomic mass is 9.90. The van der Waals surface area contributed by atoms with Gasteiger partial charge in [0.25, 0.3) is 0 Å². The summed E-state index contributed by atoms with van der Waals surface area (Å²) in [5.74, 6) is -0.0443. The molecule has 0 aromatic heterocycles. The first-order chi connectivity index (χ1) is 7.02. The van der Waals surface area contributed by atoms with Crippen molar-refractivity contribution in [1.29, 1.82) is 5.26 Å². The number of nitriles is 1. The minimum atomic E-state index is -0.0443. The normalized spacial score (nSPS) is 10.8. The Morgan fingerprint density at radius 1 is 1.47 bits per heavy atom. The quantitative estimate of drug-likeness (QED) is 0.618. The molecule has 0 unspecified atom stereocenters. The molecule has 0 aromatic carbocycles. The zero-order chi connectivity index (χ0) is 11.7. The summed E-state index contributed by atoms with van der Waals surface area (Å²) in [6, 6.07) is 1.98. The van der Waals surface area contributed by atoms with E-state index < -0.39 is 0 Å². The molecule has 0 fully saturated rings. The molecule has 2 N–H and O–H groups in total. The Labute approximate surface area is 92.0 Å². The topological polar surface area (TPSA) is 64.9 Å². The highest BCUT2D eigenvalue weighted by Gasteiger charge is 2.14. The van der Waals surface area contributed by atoms with Crippen LogP contribution in [0.1, 0.15) is 33.6 Å². The second kappa shape index (κ2) is 7.24. The molecular weight excluding hydrogens is 190 g/mol. The molecule has 0 aliphatic heterocycles. The number of hydrogen-bond donors (Lipinski definition) is 2. The van der Waals surface area contributed by atoms with Gasteiger partial charge in [-0.3, -0.25) is 4.79 Å². The molecule has 0 aromatic rings. The average Bonchev–Trinajstić information content (AvgIpc) is 2.18. The molecule has 0 rings (SSSR count). The molecule has 0 spiro atoms. The predicted octanol–water partition coefficient (Wildman–Crippen LogP) is 1.04. The summed E-state index contributed by atoms with van der Waals surface area (Å²) in [5.41, 5.74) is 0.229. The van der Waals surface area contributed by atoms with Crippen molar-refractivity contribution in [3.63, 3.8) is 0 Å². The summed E-state index contributed by atoms with van der Waals surface area (Å²) in [5, 5.41) is 14.0. The summed E-state index contributed by atoms with van der Waals surface area (Å²) in [6.45, 7) is 8.05. The van der Waals surface area contributed by atoms with Gasteiger partial charge in [-0.15, -0.1) is 0 Å². The maximum atomic E-state index is 11.2. The van der Waals surface area contributed by atoms with E-state index in [0.29, 0.717) is 19.5 Å². The Kier molecular flexibility index (Phi) is 6.72. The minimum absolute atomic E-state index is 0.0443. The van der Waals surface area contributed by atoms with Gasteiger partial charge < -0.3 is 10.6 Å². The van der Waals surface area contributed by atoms with Gasteiger partial charge in [-0.05, 0) is 11.8 Å². The van der Waals surface area contributed by atoms with Gasteiger partial charge in [-0.25, -0.2) is 0 Å². The van der Waals surface area contributed by atoms with Crippen molar-refractivity contribution in [1.82, 2.24) is 10.6 Å². The van der Waals surface area contributed by atoms with Crippen LogP contribution in [0.4, 0.5) is 0 Å². The molecule has 0 heterocycles. The molecular formula is C11H21N3O. The Morgan fingerprint density at radius 3 is 2.67 bits per heavy atom. The maximum Gasteiger partial charge on any atom is 0.233 e. The molecule has 0 radical (unpaired) electrons. The van der Waals surface area contributed by atoms with E-state index in [4.69, 9.17) is 5.26 Å². The standard InChI is InChI=1S/C11H21N3O/c1-4-11(2,3)9-13-8-10(15)14-7-5-6-12/h13H,4-5,7-9H2,1-3H3,(H,14,15). The first-order valence-corrected chi connectivity index (χ1v) is 5.36. The summed E-state index contributed by atoms with van der Waals surface area (Å²) in [6.07, 6.45) is 1.45. The molecule has 15 heavy (non-hydrogen) atoms. The third kappa shape index (κ3) is 7.95. The minimum Gasteiger partial charge on any atom is -0.354 e. The van der Waals surface area contributed by atoms with Crippen molar-refractivity contribution in [3.05, 3.63) is 0 Å². The number of carbonyl (C=O) groups is 1. The largest absolute Gasteiger partial charge is 0.354 e. The maximum absolute atomic E-state index is 11.2. The lowest BCUT2D eigenvalue weighted by Crippen LogP contribution is -2.38. The van der Waals surface area contributed by atoms with Gasteiger partial charge in [0.05, 0.1) is 19.0 Å². The molecule has 0 atom stereocenters. The fraction of sp³-hybridized carbons (Fsp3) is 0.818. The van der Waals surface area contributed by atoms with Crippen LogP contribution in [0.15, 0.2) is 0 Å². The Balaban J connectivity index is 3.52. The van der Waals surface area contributed by atoms with E-state index in [9.17, 15) is 4.79 Å². The fourth-order valence-electron chi connectivity index (χ4n) is 0.960. The number of rotatable bonds is 7. The van der Waals surface area contributed by atoms with Gasteiger partial charge in [-0.2, -0.15) is 5.26 Å². The first kappa shape index (κ1) is 13.9. The second-order valence-electron chi connectivity index (χ2n) is 4.38. The SMILES string of the molecule is CCC(C)(C)CNCC(=O)NCCC#N. The number of carbonyl (C=O) groups excluding carboxylic acids is 1. The van der Waals surface area contributed by atoms with Crippen LogP contribution in [0, 0.1) is 16.7 Å². The highest BCUT2D eigenvalue weighted by atomic mass is 16.1. The van der Waals surface area contributed by atoms with Crippen LogP contribution in [0.3, 0.4) is 0 Å². The van der Waals surface area contributed by atoms with E-state index in [1.54, 1.807) is 0 Å². The number of hydrogen-bond acceptors (Lipinski definition) is 3. The third-order valence-electron chi connectivity index (χ3n) is 2.41. The van der Waals surface area contributed by atoms with Crippen LogP contribution in [0.5, 0.6) is 0 Å². The van der Waals surface area contributed by atoms with E-state index in [1.807, 2.05) is 6.07 Å². The number of amides is 1. The summed E-state index contributed by atoms with van der Waals surface area (Å²) >= 11 is 0. The van der Waals surface area contributed by atoms with Crippen LogP contribution in [-0.4, -0.2) is 25.5 Å². The van der Waals surface area contributed by atoms with Crippen LogP contribution in [0.25, 0.3) is 0 Å². The van der Waals surface area contributed by atoms with Gasteiger partial charge in [0.15, 0.2) is 0 Å². The Hall–Kier alpha value is -1.08. The van der Waals surface area contributed by atoms with Gasteiger partial charge in [0.1, 0.15) is 0 Å². The second-order valence-corrected chi connectivity index (χ2v) is 4.38.